The Kier molecular flexibility index (Phi) is 3.33. The molecule has 0 aliphatic rings. The van der Waals surface area contributed by atoms with Gasteiger partial charge >= 0.3 is 0 Å². The van der Waals surface area contributed by atoms with Crippen molar-refractivity contribution in [2.75, 3.05) is 0 Å². The Morgan fingerprint density at radius 3 is 2.48 bits per heavy atom. The van der Waals surface area contributed by atoms with Crippen LogP contribution in [0.25, 0.3) is 22.3 Å². The van der Waals surface area contributed by atoms with Gasteiger partial charge in [-0.05, 0) is 37.1 Å². The summed E-state index contributed by atoms with van der Waals surface area (Å²) < 4.78 is 28.2. The molecule has 2 aromatic carbocycles. The first-order chi connectivity index (χ1) is 9.99. The molecule has 0 aliphatic carbocycles. The maximum Gasteiger partial charge on any atom is 0.167 e. The number of aryl methyl sites for hydroxylation is 2. The van der Waals surface area contributed by atoms with Crippen LogP contribution in [0.15, 0.2) is 30.3 Å². The lowest BCUT2D eigenvalue weighted by Gasteiger charge is -2.09. The van der Waals surface area contributed by atoms with Gasteiger partial charge in [0, 0.05) is 5.39 Å². The average molecular weight is 305 g/mol. The van der Waals surface area contributed by atoms with Gasteiger partial charge < -0.3 is 0 Å². The molecular weight excluding hydrogens is 294 g/mol. The molecule has 3 aromatic rings. The quantitative estimate of drug-likeness (QED) is 0.601. The van der Waals surface area contributed by atoms with Crippen molar-refractivity contribution in [2.24, 2.45) is 0 Å². The standard InChI is InChI=1S/C16H11ClF2N2/c1-8-4-3-5-11-12(8)15(17)21-16(20-11)13-10(18)7-6-9(2)14(13)19/h3-7H,1-2H3. The minimum atomic E-state index is -0.707. The predicted molar refractivity (Wildman–Crippen MR) is 79.4 cm³/mol. The Morgan fingerprint density at radius 2 is 1.71 bits per heavy atom. The zero-order valence-electron chi connectivity index (χ0n) is 11.4. The number of rotatable bonds is 1. The normalized spacial score (nSPS) is 11.1. The fourth-order valence-corrected chi connectivity index (χ4v) is 2.60. The SMILES string of the molecule is Cc1ccc(F)c(-c2nc(Cl)c3c(C)cccc3n2)c1F. The Bertz CT molecular complexity index is 863. The van der Waals surface area contributed by atoms with Crippen molar-refractivity contribution < 1.29 is 8.78 Å². The van der Waals surface area contributed by atoms with E-state index in [9.17, 15) is 8.78 Å². The zero-order valence-corrected chi connectivity index (χ0v) is 12.2. The van der Waals surface area contributed by atoms with E-state index in [0.29, 0.717) is 16.5 Å². The molecule has 106 valence electrons. The van der Waals surface area contributed by atoms with Gasteiger partial charge in [-0.2, -0.15) is 0 Å². The third-order valence-corrected chi connectivity index (χ3v) is 3.67. The van der Waals surface area contributed by atoms with E-state index in [1.165, 1.54) is 12.1 Å². The summed E-state index contributed by atoms with van der Waals surface area (Å²) in [5, 5.41) is 0.879. The van der Waals surface area contributed by atoms with Crippen molar-refractivity contribution in [1.82, 2.24) is 9.97 Å². The first kappa shape index (κ1) is 13.9. The molecular formula is C16H11ClF2N2. The van der Waals surface area contributed by atoms with Crippen LogP contribution >= 0.6 is 11.6 Å². The summed E-state index contributed by atoms with van der Waals surface area (Å²) in [5.74, 6) is -1.42. The molecule has 3 rings (SSSR count). The molecule has 21 heavy (non-hydrogen) atoms. The molecule has 0 bridgehead atoms. The molecule has 0 spiro atoms. The smallest absolute Gasteiger partial charge is 0.167 e. The molecule has 2 nitrogen and oxygen atoms in total. The van der Waals surface area contributed by atoms with Crippen molar-refractivity contribution in [2.45, 2.75) is 13.8 Å². The van der Waals surface area contributed by atoms with Gasteiger partial charge in [-0.1, -0.05) is 29.8 Å². The summed E-state index contributed by atoms with van der Waals surface area (Å²) in [7, 11) is 0. The van der Waals surface area contributed by atoms with Crippen molar-refractivity contribution in [3.8, 4) is 11.4 Å². The number of fused-ring (bicyclic) bond motifs is 1. The van der Waals surface area contributed by atoms with Gasteiger partial charge in [0.2, 0.25) is 0 Å². The molecule has 1 aromatic heterocycles. The van der Waals surface area contributed by atoms with Crippen LogP contribution in [0.2, 0.25) is 5.15 Å². The minimum Gasteiger partial charge on any atom is -0.228 e. The van der Waals surface area contributed by atoms with Crippen molar-refractivity contribution in [3.05, 3.63) is 58.2 Å². The van der Waals surface area contributed by atoms with Crippen LogP contribution in [-0.4, -0.2) is 9.97 Å². The van der Waals surface area contributed by atoms with Gasteiger partial charge in [-0.15, -0.1) is 0 Å². The van der Waals surface area contributed by atoms with Gasteiger partial charge in [0.1, 0.15) is 16.8 Å². The Morgan fingerprint density at radius 1 is 0.952 bits per heavy atom. The number of hydrogen-bond acceptors (Lipinski definition) is 2. The molecule has 0 radical (unpaired) electrons. The molecule has 1 heterocycles. The van der Waals surface area contributed by atoms with Crippen LogP contribution in [-0.2, 0) is 0 Å². The van der Waals surface area contributed by atoms with Crippen LogP contribution in [0.3, 0.4) is 0 Å². The lowest BCUT2D eigenvalue weighted by molar-refractivity contribution is 0.582. The Hall–Kier alpha value is -2.07. The largest absolute Gasteiger partial charge is 0.228 e. The summed E-state index contributed by atoms with van der Waals surface area (Å²) in [6.45, 7) is 3.44. The van der Waals surface area contributed by atoms with Crippen LogP contribution in [0.4, 0.5) is 8.78 Å². The molecule has 5 heteroatoms. The third kappa shape index (κ3) is 2.25. The van der Waals surface area contributed by atoms with Gasteiger partial charge in [-0.3, -0.25) is 0 Å². The highest BCUT2D eigenvalue weighted by Crippen LogP contribution is 2.30. The fraction of sp³-hybridized carbons (Fsp3) is 0.125. The van der Waals surface area contributed by atoms with E-state index in [1.54, 1.807) is 13.0 Å². The van der Waals surface area contributed by atoms with E-state index in [4.69, 9.17) is 11.6 Å². The molecule has 0 saturated heterocycles. The minimum absolute atomic E-state index is 0.0446. The summed E-state index contributed by atoms with van der Waals surface area (Å²) in [6, 6.07) is 8.01. The summed E-state index contributed by atoms with van der Waals surface area (Å²) >= 11 is 6.17. The second-order valence-electron chi connectivity index (χ2n) is 4.86. The van der Waals surface area contributed by atoms with E-state index in [-0.39, 0.29) is 16.5 Å². The van der Waals surface area contributed by atoms with Gasteiger partial charge in [0.05, 0.1) is 11.1 Å². The first-order valence-electron chi connectivity index (χ1n) is 6.37. The Labute approximate surface area is 125 Å². The lowest BCUT2D eigenvalue weighted by atomic mass is 10.1. The number of nitrogens with zero attached hydrogens (tertiary/aromatic N) is 2. The summed E-state index contributed by atoms with van der Waals surface area (Å²) in [6.07, 6.45) is 0. The Balaban J connectivity index is 2.35. The van der Waals surface area contributed by atoms with E-state index < -0.39 is 11.6 Å². The first-order valence-corrected chi connectivity index (χ1v) is 6.74. The van der Waals surface area contributed by atoms with Gasteiger partial charge in [0.25, 0.3) is 0 Å². The van der Waals surface area contributed by atoms with Crippen LogP contribution in [0.1, 0.15) is 11.1 Å². The van der Waals surface area contributed by atoms with E-state index in [1.807, 2.05) is 19.1 Å². The highest BCUT2D eigenvalue weighted by atomic mass is 35.5. The van der Waals surface area contributed by atoms with Crippen LogP contribution in [0.5, 0.6) is 0 Å². The number of benzene rings is 2. The van der Waals surface area contributed by atoms with E-state index in [0.717, 1.165) is 5.56 Å². The fourth-order valence-electron chi connectivity index (χ4n) is 2.28. The van der Waals surface area contributed by atoms with Crippen LogP contribution < -0.4 is 0 Å². The summed E-state index contributed by atoms with van der Waals surface area (Å²) in [5.41, 5.74) is 1.55. The molecule has 0 unspecified atom stereocenters. The molecule has 0 N–H and O–H groups in total. The highest BCUT2D eigenvalue weighted by Gasteiger charge is 2.18. The van der Waals surface area contributed by atoms with Gasteiger partial charge in [0.15, 0.2) is 5.82 Å². The third-order valence-electron chi connectivity index (χ3n) is 3.40. The lowest BCUT2D eigenvalue weighted by Crippen LogP contribution is -1.99. The second kappa shape index (κ2) is 5.04. The van der Waals surface area contributed by atoms with E-state index >= 15 is 0 Å². The number of halogens is 3. The number of aromatic nitrogens is 2. The maximum absolute atomic E-state index is 14.2. The van der Waals surface area contributed by atoms with Gasteiger partial charge in [-0.25, -0.2) is 18.7 Å². The highest BCUT2D eigenvalue weighted by molar-refractivity contribution is 6.34. The molecule has 0 amide bonds. The van der Waals surface area contributed by atoms with E-state index in [2.05, 4.69) is 9.97 Å². The average Bonchev–Trinajstić information content (AvgIpc) is 2.43. The molecule has 0 aliphatic heterocycles. The topological polar surface area (TPSA) is 25.8 Å². The number of hydrogen-bond donors (Lipinski definition) is 0. The van der Waals surface area contributed by atoms with Crippen molar-refractivity contribution >= 4 is 22.5 Å². The molecule has 0 atom stereocenters. The van der Waals surface area contributed by atoms with Crippen LogP contribution in [0, 0.1) is 25.5 Å². The van der Waals surface area contributed by atoms with Crippen molar-refractivity contribution in [1.29, 1.82) is 0 Å². The predicted octanol–water partition coefficient (Wildman–Crippen LogP) is 4.85. The summed E-state index contributed by atoms with van der Waals surface area (Å²) in [4.78, 5) is 8.32. The molecule has 0 saturated carbocycles. The maximum atomic E-state index is 14.2. The van der Waals surface area contributed by atoms with Crippen molar-refractivity contribution in [3.63, 3.8) is 0 Å². The second-order valence-corrected chi connectivity index (χ2v) is 5.22. The monoisotopic (exact) mass is 304 g/mol. The molecule has 0 fully saturated rings. The zero-order chi connectivity index (χ0) is 15.1.